The van der Waals surface area contributed by atoms with Gasteiger partial charge < -0.3 is 10.1 Å². The van der Waals surface area contributed by atoms with E-state index >= 15 is 0 Å². The van der Waals surface area contributed by atoms with Gasteiger partial charge in [-0.05, 0) is 51.7 Å². The number of benzene rings is 1. The average molecular weight is 381 g/mol. The molecule has 0 spiro atoms. The Labute approximate surface area is 156 Å². The predicted octanol–water partition coefficient (Wildman–Crippen LogP) is 2.08. The Bertz CT molecular complexity index is 718. The number of sulfonamides is 1. The normalized spacial score (nSPS) is 23.7. The molecular formula is C19H28N2O4S. The van der Waals surface area contributed by atoms with Gasteiger partial charge in [0, 0.05) is 25.6 Å². The van der Waals surface area contributed by atoms with Gasteiger partial charge in [-0.1, -0.05) is 17.7 Å². The van der Waals surface area contributed by atoms with Crippen molar-refractivity contribution in [2.75, 3.05) is 19.7 Å². The van der Waals surface area contributed by atoms with Crippen LogP contribution in [0.1, 0.15) is 38.2 Å². The number of rotatable bonds is 5. The summed E-state index contributed by atoms with van der Waals surface area (Å²) in [6.45, 7) is 5.42. The number of ether oxygens (including phenoxy) is 1. The lowest BCUT2D eigenvalue weighted by Crippen LogP contribution is -2.47. The fourth-order valence-corrected chi connectivity index (χ4v) is 5.12. The van der Waals surface area contributed by atoms with E-state index in [-0.39, 0.29) is 24.0 Å². The quantitative estimate of drug-likeness (QED) is 0.849. The van der Waals surface area contributed by atoms with E-state index in [1.807, 2.05) is 13.8 Å². The van der Waals surface area contributed by atoms with E-state index in [0.29, 0.717) is 30.8 Å². The Balaban J connectivity index is 1.54. The molecule has 2 atom stereocenters. The second-order valence-electron chi connectivity index (χ2n) is 7.34. The Hall–Kier alpha value is -1.44. The molecule has 2 unspecified atom stereocenters. The van der Waals surface area contributed by atoms with Crippen molar-refractivity contribution in [1.29, 1.82) is 0 Å². The third kappa shape index (κ3) is 4.27. The van der Waals surface area contributed by atoms with Crippen LogP contribution in [0.25, 0.3) is 0 Å². The van der Waals surface area contributed by atoms with Crippen LogP contribution >= 0.6 is 0 Å². The molecule has 2 fully saturated rings. The number of piperidine rings is 1. The van der Waals surface area contributed by atoms with Crippen LogP contribution in [-0.4, -0.2) is 50.5 Å². The van der Waals surface area contributed by atoms with Crippen LogP contribution in [0.4, 0.5) is 0 Å². The van der Waals surface area contributed by atoms with E-state index in [1.54, 1.807) is 24.3 Å². The topological polar surface area (TPSA) is 75.7 Å². The van der Waals surface area contributed by atoms with E-state index in [9.17, 15) is 13.2 Å². The van der Waals surface area contributed by atoms with Crippen LogP contribution in [0.2, 0.25) is 0 Å². The first kappa shape index (κ1) is 19.3. The molecule has 7 heteroatoms. The molecule has 0 bridgehead atoms. The summed E-state index contributed by atoms with van der Waals surface area (Å²) in [4.78, 5) is 12.8. The molecule has 0 aromatic heterocycles. The summed E-state index contributed by atoms with van der Waals surface area (Å²) >= 11 is 0. The first-order valence-electron chi connectivity index (χ1n) is 9.37. The van der Waals surface area contributed by atoms with Crippen LogP contribution < -0.4 is 5.32 Å². The number of nitrogens with zero attached hydrogens (tertiary/aromatic N) is 1. The summed E-state index contributed by atoms with van der Waals surface area (Å²) in [7, 11) is -3.48. The van der Waals surface area contributed by atoms with Gasteiger partial charge in [-0.15, -0.1) is 0 Å². The lowest BCUT2D eigenvalue weighted by atomic mass is 9.96. The van der Waals surface area contributed by atoms with Crippen molar-refractivity contribution in [1.82, 2.24) is 9.62 Å². The molecule has 3 rings (SSSR count). The van der Waals surface area contributed by atoms with Crippen LogP contribution in [0, 0.1) is 12.8 Å². The standard InChI is InChI=1S/C19H28N2O4S/c1-14-5-7-17(8-6-14)26(23,24)21-11-9-16(10-12-21)19(22)20-15(2)18-4-3-13-25-18/h5-8,15-16,18H,3-4,9-13H2,1-2H3,(H,20,22). The van der Waals surface area contributed by atoms with Gasteiger partial charge in [0.15, 0.2) is 0 Å². The summed E-state index contributed by atoms with van der Waals surface area (Å²) in [5, 5.41) is 3.05. The molecule has 2 heterocycles. The molecule has 2 aliphatic rings. The minimum atomic E-state index is -3.48. The van der Waals surface area contributed by atoms with E-state index in [2.05, 4.69) is 5.32 Å². The van der Waals surface area contributed by atoms with E-state index in [0.717, 1.165) is 25.0 Å². The fourth-order valence-electron chi connectivity index (χ4n) is 3.65. The van der Waals surface area contributed by atoms with Gasteiger partial charge in [0.2, 0.25) is 15.9 Å². The second kappa shape index (κ2) is 8.06. The van der Waals surface area contributed by atoms with Crippen molar-refractivity contribution in [3.8, 4) is 0 Å². The summed E-state index contributed by atoms with van der Waals surface area (Å²) in [6.07, 6.45) is 3.22. The Morgan fingerprint density at radius 3 is 2.42 bits per heavy atom. The summed E-state index contributed by atoms with van der Waals surface area (Å²) in [6, 6.07) is 6.90. The zero-order valence-electron chi connectivity index (χ0n) is 15.5. The lowest BCUT2D eigenvalue weighted by Gasteiger charge is -2.31. The molecule has 1 aromatic rings. The van der Waals surface area contributed by atoms with E-state index in [4.69, 9.17) is 4.74 Å². The smallest absolute Gasteiger partial charge is 0.243 e. The molecule has 0 aliphatic carbocycles. The number of hydrogen-bond donors (Lipinski definition) is 1. The highest BCUT2D eigenvalue weighted by atomic mass is 32.2. The van der Waals surface area contributed by atoms with E-state index in [1.165, 1.54) is 4.31 Å². The van der Waals surface area contributed by atoms with Crippen molar-refractivity contribution in [3.63, 3.8) is 0 Å². The number of carbonyl (C=O) groups is 1. The van der Waals surface area contributed by atoms with Gasteiger partial charge in [-0.2, -0.15) is 4.31 Å². The van der Waals surface area contributed by atoms with Gasteiger partial charge >= 0.3 is 0 Å². The highest BCUT2D eigenvalue weighted by Gasteiger charge is 2.33. The minimum Gasteiger partial charge on any atom is -0.376 e. The molecule has 1 amide bonds. The molecule has 1 aromatic carbocycles. The summed E-state index contributed by atoms with van der Waals surface area (Å²) < 4.78 is 32.6. The predicted molar refractivity (Wildman–Crippen MR) is 99.2 cm³/mol. The monoisotopic (exact) mass is 380 g/mol. The minimum absolute atomic E-state index is 0.000629. The molecule has 6 nitrogen and oxygen atoms in total. The lowest BCUT2D eigenvalue weighted by molar-refractivity contribution is -0.127. The average Bonchev–Trinajstić information content (AvgIpc) is 3.17. The van der Waals surface area contributed by atoms with Crippen molar-refractivity contribution >= 4 is 15.9 Å². The zero-order valence-corrected chi connectivity index (χ0v) is 16.3. The van der Waals surface area contributed by atoms with Crippen molar-refractivity contribution in [2.24, 2.45) is 5.92 Å². The van der Waals surface area contributed by atoms with Gasteiger partial charge in [-0.3, -0.25) is 4.79 Å². The van der Waals surface area contributed by atoms with Gasteiger partial charge in [0.05, 0.1) is 17.0 Å². The van der Waals surface area contributed by atoms with Crippen molar-refractivity contribution in [3.05, 3.63) is 29.8 Å². The second-order valence-corrected chi connectivity index (χ2v) is 9.28. The van der Waals surface area contributed by atoms with Crippen LogP contribution in [0.15, 0.2) is 29.2 Å². The molecule has 2 aliphatic heterocycles. The molecule has 0 radical (unpaired) electrons. The molecule has 1 N–H and O–H groups in total. The Morgan fingerprint density at radius 1 is 1.19 bits per heavy atom. The number of amides is 1. The Morgan fingerprint density at radius 2 is 1.85 bits per heavy atom. The van der Waals surface area contributed by atoms with Crippen LogP contribution in [0.5, 0.6) is 0 Å². The van der Waals surface area contributed by atoms with Crippen molar-refractivity contribution in [2.45, 2.75) is 56.6 Å². The maximum atomic E-state index is 12.7. The number of nitrogens with one attached hydrogen (secondary N) is 1. The number of carbonyl (C=O) groups excluding carboxylic acids is 1. The Kier molecular flexibility index (Phi) is 5.99. The van der Waals surface area contributed by atoms with Gasteiger partial charge in [0.25, 0.3) is 0 Å². The van der Waals surface area contributed by atoms with Gasteiger partial charge in [-0.25, -0.2) is 8.42 Å². The summed E-state index contributed by atoms with van der Waals surface area (Å²) in [5.74, 6) is -0.122. The summed E-state index contributed by atoms with van der Waals surface area (Å²) in [5.41, 5.74) is 1.03. The highest BCUT2D eigenvalue weighted by Crippen LogP contribution is 2.25. The zero-order chi connectivity index (χ0) is 18.7. The first-order chi connectivity index (χ1) is 12.4. The third-order valence-electron chi connectivity index (χ3n) is 5.38. The third-order valence-corrected chi connectivity index (χ3v) is 7.29. The largest absolute Gasteiger partial charge is 0.376 e. The van der Waals surface area contributed by atoms with Crippen molar-refractivity contribution < 1.29 is 17.9 Å². The molecule has 26 heavy (non-hydrogen) atoms. The molecule has 144 valence electrons. The first-order valence-corrected chi connectivity index (χ1v) is 10.8. The maximum Gasteiger partial charge on any atom is 0.243 e. The van der Waals surface area contributed by atoms with E-state index < -0.39 is 10.0 Å². The van der Waals surface area contributed by atoms with Crippen LogP contribution in [0.3, 0.4) is 0 Å². The maximum absolute atomic E-state index is 12.7. The fraction of sp³-hybridized carbons (Fsp3) is 0.632. The molecule has 2 saturated heterocycles. The van der Waals surface area contributed by atoms with Crippen LogP contribution in [-0.2, 0) is 19.6 Å². The SMILES string of the molecule is Cc1ccc(S(=O)(=O)N2CCC(C(=O)NC(C)C3CCCO3)CC2)cc1. The molecule has 0 saturated carbocycles. The highest BCUT2D eigenvalue weighted by molar-refractivity contribution is 7.89. The molecular weight excluding hydrogens is 352 g/mol. The van der Waals surface area contributed by atoms with Gasteiger partial charge in [0.1, 0.15) is 0 Å². The number of aryl methyl sites for hydroxylation is 1. The number of hydrogen-bond acceptors (Lipinski definition) is 4.